The number of benzene rings is 1. The molecule has 2 nitrogen and oxygen atoms in total. The van der Waals surface area contributed by atoms with Crippen LogP contribution in [0, 0.1) is 0 Å². The number of halogens is 1. The first-order valence-electron chi connectivity index (χ1n) is 4.54. The van der Waals surface area contributed by atoms with E-state index in [1.165, 1.54) is 5.56 Å². The van der Waals surface area contributed by atoms with Crippen LogP contribution >= 0.6 is 15.9 Å². The first-order chi connectivity index (χ1) is 6.69. The van der Waals surface area contributed by atoms with E-state index in [2.05, 4.69) is 33.9 Å². The van der Waals surface area contributed by atoms with Gasteiger partial charge >= 0.3 is 0 Å². The molecule has 74 valence electrons. The molecule has 0 aliphatic carbocycles. The topological polar surface area (TPSA) is 29.4 Å². The number of carbonyl (C=O) groups excluding carboxylic acids is 1. The molecule has 0 spiro atoms. The molecule has 1 aromatic rings. The van der Waals surface area contributed by atoms with Gasteiger partial charge < -0.3 is 0 Å². The molecule has 1 unspecified atom stereocenters. The standard InChI is InChI=1S/C11H12BrNO/c1-3-9-4-5-10(6-11(9)12)8(2)13-7-14/h4-6,8H,3H2,1-2H3. The van der Waals surface area contributed by atoms with Gasteiger partial charge in [-0.3, -0.25) is 0 Å². The van der Waals surface area contributed by atoms with Crippen LogP contribution in [0.5, 0.6) is 0 Å². The molecule has 14 heavy (non-hydrogen) atoms. The van der Waals surface area contributed by atoms with Gasteiger partial charge in [-0.05, 0) is 30.5 Å². The third kappa shape index (κ3) is 2.53. The highest BCUT2D eigenvalue weighted by Gasteiger charge is 2.05. The van der Waals surface area contributed by atoms with E-state index < -0.39 is 0 Å². The Balaban J connectivity index is 3.01. The van der Waals surface area contributed by atoms with Crippen LogP contribution in [0.2, 0.25) is 0 Å². The fourth-order valence-electron chi connectivity index (χ4n) is 1.26. The van der Waals surface area contributed by atoms with Crippen molar-refractivity contribution in [3.8, 4) is 0 Å². The highest BCUT2D eigenvalue weighted by Crippen LogP contribution is 2.24. The Morgan fingerprint density at radius 1 is 1.57 bits per heavy atom. The van der Waals surface area contributed by atoms with E-state index in [0.717, 1.165) is 16.5 Å². The number of hydrogen-bond acceptors (Lipinski definition) is 2. The van der Waals surface area contributed by atoms with Gasteiger partial charge in [0.2, 0.25) is 6.08 Å². The summed E-state index contributed by atoms with van der Waals surface area (Å²) < 4.78 is 1.07. The first kappa shape index (κ1) is 11.2. The van der Waals surface area contributed by atoms with Crippen molar-refractivity contribution in [3.63, 3.8) is 0 Å². The average Bonchev–Trinajstić information content (AvgIpc) is 2.18. The van der Waals surface area contributed by atoms with E-state index in [1.54, 1.807) is 6.08 Å². The lowest BCUT2D eigenvalue weighted by atomic mass is 10.1. The molecular formula is C11H12BrNO. The number of nitrogens with zero attached hydrogens (tertiary/aromatic N) is 1. The molecule has 0 bridgehead atoms. The zero-order valence-electron chi connectivity index (χ0n) is 8.25. The number of rotatable bonds is 3. The van der Waals surface area contributed by atoms with E-state index in [1.807, 2.05) is 19.1 Å². The zero-order valence-corrected chi connectivity index (χ0v) is 9.84. The Hall–Kier alpha value is -0.920. The summed E-state index contributed by atoms with van der Waals surface area (Å²) in [5, 5.41) is 0. The minimum atomic E-state index is -0.116. The summed E-state index contributed by atoms with van der Waals surface area (Å²) in [7, 11) is 0. The van der Waals surface area contributed by atoms with Gasteiger partial charge in [-0.1, -0.05) is 35.0 Å². The Labute approximate surface area is 92.2 Å². The molecule has 0 saturated heterocycles. The maximum Gasteiger partial charge on any atom is 0.235 e. The predicted molar refractivity (Wildman–Crippen MR) is 60.1 cm³/mol. The summed E-state index contributed by atoms with van der Waals surface area (Å²) in [6, 6.07) is 5.94. The quantitative estimate of drug-likeness (QED) is 0.600. The minimum Gasteiger partial charge on any atom is -0.211 e. The SMILES string of the molecule is CCc1ccc(C(C)N=C=O)cc1Br. The molecule has 0 aliphatic heterocycles. The Morgan fingerprint density at radius 3 is 2.79 bits per heavy atom. The monoisotopic (exact) mass is 253 g/mol. The Bertz CT molecular complexity index is 370. The molecule has 0 aromatic heterocycles. The van der Waals surface area contributed by atoms with Gasteiger partial charge in [-0.25, -0.2) is 4.79 Å². The highest BCUT2D eigenvalue weighted by atomic mass is 79.9. The molecular weight excluding hydrogens is 242 g/mol. The Kier molecular flexibility index (Phi) is 4.05. The fraction of sp³-hybridized carbons (Fsp3) is 0.364. The Morgan fingerprint density at radius 2 is 2.29 bits per heavy atom. The smallest absolute Gasteiger partial charge is 0.211 e. The van der Waals surface area contributed by atoms with Crippen LogP contribution in [0.4, 0.5) is 0 Å². The molecule has 1 atom stereocenters. The van der Waals surface area contributed by atoms with Gasteiger partial charge in [0.1, 0.15) is 0 Å². The third-order valence-corrected chi connectivity index (χ3v) is 2.92. The van der Waals surface area contributed by atoms with Gasteiger partial charge in [0, 0.05) is 4.47 Å². The number of hydrogen-bond donors (Lipinski definition) is 0. The fourth-order valence-corrected chi connectivity index (χ4v) is 1.94. The van der Waals surface area contributed by atoms with E-state index in [4.69, 9.17) is 0 Å². The van der Waals surface area contributed by atoms with Crippen molar-refractivity contribution >= 4 is 22.0 Å². The second-order valence-corrected chi connectivity index (χ2v) is 3.96. The second-order valence-electron chi connectivity index (χ2n) is 3.10. The van der Waals surface area contributed by atoms with Crippen LogP contribution in [0.1, 0.15) is 31.0 Å². The summed E-state index contributed by atoms with van der Waals surface area (Å²) in [6.45, 7) is 3.98. The lowest BCUT2D eigenvalue weighted by Crippen LogP contribution is -1.91. The summed E-state index contributed by atoms with van der Waals surface area (Å²) in [4.78, 5) is 13.8. The molecule has 1 rings (SSSR count). The lowest BCUT2D eigenvalue weighted by Gasteiger charge is -2.07. The first-order valence-corrected chi connectivity index (χ1v) is 5.33. The van der Waals surface area contributed by atoms with E-state index in [9.17, 15) is 4.79 Å². The van der Waals surface area contributed by atoms with Gasteiger partial charge in [0.05, 0.1) is 6.04 Å². The van der Waals surface area contributed by atoms with Gasteiger partial charge in [-0.15, -0.1) is 0 Å². The zero-order chi connectivity index (χ0) is 10.6. The minimum absolute atomic E-state index is 0.116. The maximum atomic E-state index is 10.1. The van der Waals surface area contributed by atoms with E-state index in [0.29, 0.717) is 0 Å². The molecule has 0 radical (unpaired) electrons. The van der Waals surface area contributed by atoms with Crippen molar-refractivity contribution in [1.29, 1.82) is 0 Å². The predicted octanol–water partition coefficient (Wildman–Crippen LogP) is 3.41. The van der Waals surface area contributed by atoms with Gasteiger partial charge in [0.25, 0.3) is 0 Å². The van der Waals surface area contributed by atoms with Crippen LogP contribution in [0.15, 0.2) is 27.7 Å². The molecule has 1 aromatic carbocycles. The van der Waals surface area contributed by atoms with Crippen molar-refractivity contribution < 1.29 is 4.79 Å². The largest absolute Gasteiger partial charge is 0.235 e. The number of aliphatic imine (C=N–C) groups is 1. The van der Waals surface area contributed by atoms with Gasteiger partial charge in [-0.2, -0.15) is 4.99 Å². The average molecular weight is 254 g/mol. The maximum absolute atomic E-state index is 10.1. The van der Waals surface area contributed by atoms with Crippen LogP contribution in [-0.4, -0.2) is 6.08 Å². The number of isocyanates is 1. The molecule has 0 N–H and O–H groups in total. The van der Waals surface area contributed by atoms with Crippen molar-refractivity contribution in [2.75, 3.05) is 0 Å². The summed E-state index contributed by atoms with van der Waals surface area (Å²) in [5.41, 5.74) is 2.29. The van der Waals surface area contributed by atoms with E-state index >= 15 is 0 Å². The molecule has 0 fully saturated rings. The molecule has 0 aliphatic rings. The molecule has 0 heterocycles. The molecule has 0 amide bonds. The lowest BCUT2D eigenvalue weighted by molar-refractivity contribution is 0.559. The van der Waals surface area contributed by atoms with Crippen LogP contribution in [0.25, 0.3) is 0 Å². The highest BCUT2D eigenvalue weighted by molar-refractivity contribution is 9.10. The van der Waals surface area contributed by atoms with Gasteiger partial charge in [0.15, 0.2) is 0 Å². The van der Waals surface area contributed by atoms with Crippen molar-refractivity contribution in [2.45, 2.75) is 26.3 Å². The summed E-state index contributed by atoms with van der Waals surface area (Å²) in [5.74, 6) is 0. The summed E-state index contributed by atoms with van der Waals surface area (Å²) in [6.07, 6.45) is 2.57. The summed E-state index contributed by atoms with van der Waals surface area (Å²) >= 11 is 3.49. The molecule has 3 heteroatoms. The van der Waals surface area contributed by atoms with Crippen molar-refractivity contribution in [3.05, 3.63) is 33.8 Å². The van der Waals surface area contributed by atoms with Crippen LogP contribution < -0.4 is 0 Å². The number of aryl methyl sites for hydroxylation is 1. The normalized spacial score (nSPS) is 11.9. The van der Waals surface area contributed by atoms with Crippen molar-refractivity contribution in [2.24, 2.45) is 4.99 Å². The second kappa shape index (κ2) is 5.08. The van der Waals surface area contributed by atoms with Crippen LogP contribution in [-0.2, 0) is 11.2 Å². The van der Waals surface area contributed by atoms with E-state index in [-0.39, 0.29) is 6.04 Å². The third-order valence-electron chi connectivity index (χ3n) is 2.19. The van der Waals surface area contributed by atoms with Crippen LogP contribution in [0.3, 0.4) is 0 Å². The molecule has 0 saturated carbocycles. The van der Waals surface area contributed by atoms with Crippen molar-refractivity contribution in [1.82, 2.24) is 0 Å².